The first-order valence-corrected chi connectivity index (χ1v) is 9.74. The number of piperazine rings is 1. The number of amides is 1. The zero-order valence-corrected chi connectivity index (χ0v) is 14.7. The quantitative estimate of drug-likeness (QED) is 0.812. The monoisotopic (exact) mass is 359 g/mol. The van der Waals surface area contributed by atoms with Gasteiger partial charge >= 0.3 is 0 Å². The molecule has 0 aliphatic carbocycles. The number of aromatic nitrogens is 1. The predicted octanol–water partition coefficient (Wildman–Crippen LogP) is 1.55. The molecule has 1 aliphatic heterocycles. The molecule has 0 bridgehead atoms. The molecular weight excluding hydrogens is 338 g/mol. The Balaban J connectivity index is 1.54. The molecule has 2 aromatic rings. The van der Waals surface area contributed by atoms with Crippen LogP contribution in [-0.4, -0.2) is 54.7 Å². The fraction of sp³-hybridized carbons (Fsp3) is 0.333. The van der Waals surface area contributed by atoms with Crippen molar-refractivity contribution in [1.29, 1.82) is 0 Å². The van der Waals surface area contributed by atoms with Crippen LogP contribution in [0.1, 0.15) is 12.1 Å². The number of carbonyl (C=O) groups excluding carboxylic acids is 1. The highest BCUT2D eigenvalue weighted by molar-refractivity contribution is 7.89. The molecule has 132 valence electrons. The summed E-state index contributed by atoms with van der Waals surface area (Å²) in [7, 11) is -3.48. The molecule has 0 spiro atoms. The topological polar surface area (TPSA) is 70.6 Å². The average molecular weight is 359 g/mol. The zero-order chi connectivity index (χ0) is 17.7. The summed E-state index contributed by atoms with van der Waals surface area (Å²) in [5.41, 5.74) is 0.890. The number of rotatable bonds is 5. The maximum absolute atomic E-state index is 12.6. The summed E-state index contributed by atoms with van der Waals surface area (Å²) in [5.74, 6) is 0.0439. The largest absolute Gasteiger partial charge is 0.340 e. The highest BCUT2D eigenvalue weighted by Crippen LogP contribution is 2.17. The van der Waals surface area contributed by atoms with Gasteiger partial charge < -0.3 is 4.90 Å². The van der Waals surface area contributed by atoms with Crippen LogP contribution in [0, 0.1) is 0 Å². The van der Waals surface area contributed by atoms with Crippen molar-refractivity contribution < 1.29 is 13.2 Å². The zero-order valence-electron chi connectivity index (χ0n) is 13.9. The first-order chi connectivity index (χ1) is 12.1. The standard InChI is InChI=1S/C18H21N3O3S/c22-18(10-9-16-6-4-5-11-19-16)20-12-14-21(15-13-20)25(23,24)17-7-2-1-3-8-17/h1-8,11H,9-10,12-15H2. The van der Waals surface area contributed by atoms with E-state index < -0.39 is 10.0 Å². The summed E-state index contributed by atoms with van der Waals surface area (Å²) in [6, 6.07) is 14.1. The first kappa shape index (κ1) is 17.6. The SMILES string of the molecule is O=C(CCc1ccccn1)N1CCN(S(=O)(=O)c2ccccc2)CC1. The minimum atomic E-state index is -3.48. The Kier molecular flexibility index (Phi) is 5.45. The average Bonchev–Trinajstić information content (AvgIpc) is 2.68. The summed E-state index contributed by atoms with van der Waals surface area (Å²) >= 11 is 0. The third-order valence-electron chi connectivity index (χ3n) is 4.29. The molecule has 6 nitrogen and oxygen atoms in total. The Morgan fingerprint density at radius 2 is 1.64 bits per heavy atom. The maximum atomic E-state index is 12.6. The van der Waals surface area contributed by atoms with Crippen LogP contribution in [0.15, 0.2) is 59.6 Å². The lowest BCUT2D eigenvalue weighted by atomic mass is 10.2. The molecule has 0 saturated carbocycles. The fourth-order valence-corrected chi connectivity index (χ4v) is 4.30. The number of pyridine rings is 1. The van der Waals surface area contributed by atoms with Gasteiger partial charge in [0.1, 0.15) is 0 Å². The van der Waals surface area contributed by atoms with E-state index in [2.05, 4.69) is 4.98 Å². The third-order valence-corrected chi connectivity index (χ3v) is 6.21. The molecule has 1 amide bonds. The molecule has 3 rings (SSSR count). The van der Waals surface area contributed by atoms with Gasteiger partial charge in [0, 0.05) is 44.5 Å². The second kappa shape index (κ2) is 7.76. The molecule has 7 heteroatoms. The molecule has 0 N–H and O–H groups in total. The van der Waals surface area contributed by atoms with Crippen molar-refractivity contribution in [3.63, 3.8) is 0 Å². The van der Waals surface area contributed by atoms with E-state index in [-0.39, 0.29) is 5.91 Å². The number of hydrogen-bond donors (Lipinski definition) is 0. The number of nitrogens with zero attached hydrogens (tertiary/aromatic N) is 3. The highest BCUT2D eigenvalue weighted by Gasteiger charge is 2.29. The van der Waals surface area contributed by atoms with Crippen molar-refractivity contribution >= 4 is 15.9 Å². The summed E-state index contributed by atoms with van der Waals surface area (Å²) in [6.07, 6.45) is 2.71. The molecule has 1 saturated heterocycles. The summed E-state index contributed by atoms with van der Waals surface area (Å²) in [5, 5.41) is 0. The van der Waals surface area contributed by atoms with E-state index in [0.29, 0.717) is 43.9 Å². The minimum Gasteiger partial charge on any atom is -0.340 e. The smallest absolute Gasteiger partial charge is 0.243 e. The van der Waals surface area contributed by atoms with E-state index in [9.17, 15) is 13.2 Å². The second-order valence-electron chi connectivity index (χ2n) is 5.92. The van der Waals surface area contributed by atoms with Gasteiger partial charge in [-0.25, -0.2) is 8.42 Å². The lowest BCUT2D eigenvalue weighted by Gasteiger charge is -2.34. The van der Waals surface area contributed by atoms with Crippen molar-refractivity contribution in [3.05, 3.63) is 60.4 Å². The Labute approximate surface area is 148 Å². The number of sulfonamides is 1. The Hall–Kier alpha value is -2.25. The van der Waals surface area contributed by atoms with E-state index in [4.69, 9.17) is 0 Å². The third kappa shape index (κ3) is 4.24. The van der Waals surface area contributed by atoms with Gasteiger partial charge in [-0.3, -0.25) is 9.78 Å². The maximum Gasteiger partial charge on any atom is 0.243 e. The summed E-state index contributed by atoms with van der Waals surface area (Å²) < 4.78 is 26.6. The van der Waals surface area contributed by atoms with Crippen LogP contribution in [0.4, 0.5) is 0 Å². The van der Waals surface area contributed by atoms with Gasteiger partial charge in [0.15, 0.2) is 0 Å². The van der Waals surface area contributed by atoms with E-state index in [1.165, 1.54) is 4.31 Å². The molecule has 0 unspecified atom stereocenters. The molecular formula is C18H21N3O3S. The van der Waals surface area contributed by atoms with Gasteiger partial charge in [0.2, 0.25) is 15.9 Å². The Morgan fingerprint density at radius 1 is 0.960 bits per heavy atom. The van der Waals surface area contributed by atoms with Crippen LogP contribution >= 0.6 is 0 Å². The van der Waals surface area contributed by atoms with Crippen LogP contribution in [-0.2, 0) is 21.2 Å². The molecule has 25 heavy (non-hydrogen) atoms. The second-order valence-corrected chi connectivity index (χ2v) is 7.86. The fourth-order valence-electron chi connectivity index (χ4n) is 2.86. The van der Waals surface area contributed by atoms with Gasteiger partial charge in [0.25, 0.3) is 0 Å². The molecule has 2 heterocycles. The van der Waals surface area contributed by atoms with Gasteiger partial charge in [-0.1, -0.05) is 24.3 Å². The van der Waals surface area contributed by atoms with Crippen LogP contribution in [0.5, 0.6) is 0 Å². The Bertz CT molecular complexity index is 802. The van der Waals surface area contributed by atoms with Crippen molar-refractivity contribution in [2.45, 2.75) is 17.7 Å². The van der Waals surface area contributed by atoms with Crippen molar-refractivity contribution in [3.8, 4) is 0 Å². The molecule has 1 fully saturated rings. The van der Waals surface area contributed by atoms with Crippen LogP contribution in [0.25, 0.3) is 0 Å². The minimum absolute atomic E-state index is 0.0439. The van der Waals surface area contributed by atoms with Crippen LogP contribution in [0.3, 0.4) is 0 Å². The van der Waals surface area contributed by atoms with Gasteiger partial charge in [-0.15, -0.1) is 0 Å². The van der Waals surface area contributed by atoms with E-state index in [0.717, 1.165) is 5.69 Å². The number of carbonyl (C=O) groups is 1. The van der Waals surface area contributed by atoms with Crippen molar-refractivity contribution in [2.75, 3.05) is 26.2 Å². The molecule has 0 radical (unpaired) electrons. The summed E-state index contributed by atoms with van der Waals surface area (Å²) in [4.78, 5) is 18.6. The lowest BCUT2D eigenvalue weighted by Crippen LogP contribution is -2.50. The molecule has 0 atom stereocenters. The van der Waals surface area contributed by atoms with Gasteiger partial charge in [-0.05, 0) is 30.7 Å². The molecule has 1 aromatic heterocycles. The van der Waals surface area contributed by atoms with Crippen LogP contribution < -0.4 is 0 Å². The first-order valence-electron chi connectivity index (χ1n) is 8.30. The van der Waals surface area contributed by atoms with E-state index >= 15 is 0 Å². The van der Waals surface area contributed by atoms with Gasteiger partial charge in [-0.2, -0.15) is 4.31 Å². The molecule has 1 aliphatic rings. The normalized spacial score (nSPS) is 15.9. The van der Waals surface area contributed by atoms with Crippen LogP contribution in [0.2, 0.25) is 0 Å². The number of aryl methyl sites for hydroxylation is 1. The van der Waals surface area contributed by atoms with Crippen molar-refractivity contribution in [2.24, 2.45) is 0 Å². The summed E-state index contributed by atoms with van der Waals surface area (Å²) in [6.45, 7) is 1.50. The number of benzene rings is 1. The highest BCUT2D eigenvalue weighted by atomic mass is 32.2. The molecule has 1 aromatic carbocycles. The van der Waals surface area contributed by atoms with E-state index in [1.54, 1.807) is 41.4 Å². The Morgan fingerprint density at radius 3 is 2.28 bits per heavy atom. The van der Waals surface area contributed by atoms with Crippen molar-refractivity contribution in [1.82, 2.24) is 14.2 Å². The number of hydrogen-bond acceptors (Lipinski definition) is 4. The van der Waals surface area contributed by atoms with Gasteiger partial charge in [0.05, 0.1) is 4.90 Å². The van der Waals surface area contributed by atoms with E-state index in [1.807, 2.05) is 18.2 Å². The predicted molar refractivity (Wildman–Crippen MR) is 94.3 cm³/mol. The lowest BCUT2D eigenvalue weighted by molar-refractivity contribution is -0.132.